The molecule has 1 aromatic heterocycles. The van der Waals surface area contributed by atoms with Crippen LogP contribution in [0.3, 0.4) is 0 Å². The molecule has 0 aliphatic carbocycles. The third kappa shape index (κ3) is 2.93. The Bertz CT molecular complexity index is 432. The predicted octanol–water partition coefficient (Wildman–Crippen LogP) is 2.20. The van der Waals surface area contributed by atoms with Gasteiger partial charge in [-0.15, -0.1) is 0 Å². The van der Waals surface area contributed by atoms with Gasteiger partial charge < -0.3 is 14.4 Å². The first-order valence-corrected chi connectivity index (χ1v) is 6.88. The van der Waals surface area contributed by atoms with Gasteiger partial charge in [0.2, 0.25) is 0 Å². The summed E-state index contributed by atoms with van der Waals surface area (Å²) in [7, 11) is 3.24. The van der Waals surface area contributed by atoms with Gasteiger partial charge in [-0.2, -0.15) is 0 Å². The van der Waals surface area contributed by atoms with Crippen LogP contribution in [0.4, 0.5) is 5.13 Å². The minimum Gasteiger partial charge on any atom is -0.465 e. The van der Waals surface area contributed by atoms with E-state index in [9.17, 15) is 4.79 Å². The van der Waals surface area contributed by atoms with Crippen LogP contribution in [0.5, 0.6) is 0 Å². The SMILES string of the molecule is COC(=O)c1sc(N(C)CC2CCCO2)nc1Cl. The van der Waals surface area contributed by atoms with Gasteiger partial charge in [0, 0.05) is 20.2 Å². The zero-order valence-electron chi connectivity index (χ0n) is 10.3. The van der Waals surface area contributed by atoms with Gasteiger partial charge in [-0.1, -0.05) is 22.9 Å². The largest absolute Gasteiger partial charge is 0.465 e. The number of nitrogens with zero attached hydrogens (tertiary/aromatic N) is 2. The number of halogens is 1. The molecule has 1 aliphatic rings. The molecule has 18 heavy (non-hydrogen) atoms. The fourth-order valence-corrected chi connectivity index (χ4v) is 3.01. The summed E-state index contributed by atoms with van der Waals surface area (Å²) >= 11 is 7.16. The van der Waals surface area contributed by atoms with Crippen molar-refractivity contribution in [1.82, 2.24) is 4.98 Å². The van der Waals surface area contributed by atoms with Crippen molar-refractivity contribution >= 4 is 34.0 Å². The number of hydrogen-bond donors (Lipinski definition) is 0. The summed E-state index contributed by atoms with van der Waals surface area (Å²) in [6.07, 6.45) is 2.40. The van der Waals surface area contributed by atoms with Crippen molar-refractivity contribution in [2.24, 2.45) is 0 Å². The third-order valence-electron chi connectivity index (χ3n) is 2.77. The summed E-state index contributed by atoms with van der Waals surface area (Å²) in [5.74, 6) is -0.450. The number of methoxy groups -OCH3 is 1. The average molecular weight is 291 g/mol. The van der Waals surface area contributed by atoms with Crippen LogP contribution in [0, 0.1) is 0 Å². The van der Waals surface area contributed by atoms with Crippen molar-refractivity contribution in [2.45, 2.75) is 18.9 Å². The molecule has 1 aromatic rings. The van der Waals surface area contributed by atoms with E-state index in [0.29, 0.717) is 10.0 Å². The van der Waals surface area contributed by atoms with Crippen LogP contribution >= 0.6 is 22.9 Å². The quantitative estimate of drug-likeness (QED) is 0.796. The Morgan fingerprint density at radius 3 is 3.11 bits per heavy atom. The van der Waals surface area contributed by atoms with E-state index < -0.39 is 5.97 Å². The Hall–Kier alpha value is -0.850. The number of rotatable bonds is 4. The zero-order chi connectivity index (χ0) is 13.1. The summed E-state index contributed by atoms with van der Waals surface area (Å²) < 4.78 is 10.2. The van der Waals surface area contributed by atoms with Crippen LogP contribution in [0.15, 0.2) is 0 Å². The molecule has 0 bridgehead atoms. The Kier molecular flexibility index (Phi) is 4.42. The first-order chi connectivity index (χ1) is 8.61. The Morgan fingerprint density at radius 2 is 2.50 bits per heavy atom. The van der Waals surface area contributed by atoms with Gasteiger partial charge in [0.05, 0.1) is 13.2 Å². The molecule has 2 heterocycles. The number of ether oxygens (including phenoxy) is 2. The monoisotopic (exact) mass is 290 g/mol. The molecule has 7 heteroatoms. The molecule has 0 amide bonds. The lowest BCUT2D eigenvalue weighted by atomic mass is 10.2. The number of esters is 1. The van der Waals surface area contributed by atoms with Gasteiger partial charge in [0.1, 0.15) is 0 Å². The molecule has 1 saturated heterocycles. The van der Waals surface area contributed by atoms with E-state index in [2.05, 4.69) is 9.72 Å². The van der Waals surface area contributed by atoms with E-state index in [4.69, 9.17) is 16.3 Å². The Labute approximate surface area is 115 Å². The molecule has 1 fully saturated rings. The van der Waals surface area contributed by atoms with Crippen molar-refractivity contribution in [3.8, 4) is 0 Å². The fourth-order valence-electron chi connectivity index (χ4n) is 1.84. The second-order valence-corrected chi connectivity index (χ2v) is 5.46. The van der Waals surface area contributed by atoms with Gasteiger partial charge in [0.15, 0.2) is 15.2 Å². The van der Waals surface area contributed by atoms with Crippen molar-refractivity contribution in [1.29, 1.82) is 0 Å². The highest BCUT2D eigenvalue weighted by atomic mass is 35.5. The minimum absolute atomic E-state index is 0.195. The summed E-state index contributed by atoms with van der Waals surface area (Å²) in [5.41, 5.74) is 0. The van der Waals surface area contributed by atoms with E-state index >= 15 is 0 Å². The molecular formula is C11H15ClN2O3S. The lowest BCUT2D eigenvalue weighted by Gasteiger charge is -2.19. The highest BCUT2D eigenvalue weighted by Gasteiger charge is 2.22. The smallest absolute Gasteiger partial charge is 0.351 e. The Balaban J connectivity index is 2.05. The lowest BCUT2D eigenvalue weighted by Crippen LogP contribution is -2.28. The van der Waals surface area contributed by atoms with Crippen molar-refractivity contribution in [3.63, 3.8) is 0 Å². The maximum Gasteiger partial charge on any atom is 0.351 e. The normalized spacial score (nSPS) is 18.9. The summed E-state index contributed by atoms with van der Waals surface area (Å²) in [6, 6.07) is 0. The van der Waals surface area contributed by atoms with E-state index in [0.717, 1.165) is 26.0 Å². The molecule has 2 rings (SSSR count). The fraction of sp³-hybridized carbons (Fsp3) is 0.636. The van der Waals surface area contributed by atoms with Crippen LogP contribution in [-0.2, 0) is 9.47 Å². The number of likely N-dealkylation sites (N-methyl/N-ethyl adjacent to an activating group) is 1. The van der Waals surface area contributed by atoms with Gasteiger partial charge >= 0.3 is 5.97 Å². The number of aromatic nitrogens is 1. The molecule has 1 atom stereocenters. The zero-order valence-corrected chi connectivity index (χ0v) is 11.9. The Morgan fingerprint density at radius 1 is 1.72 bits per heavy atom. The number of hydrogen-bond acceptors (Lipinski definition) is 6. The third-order valence-corrected chi connectivity index (χ3v) is 4.31. The maximum atomic E-state index is 11.4. The first kappa shape index (κ1) is 13.6. The molecule has 0 spiro atoms. The van der Waals surface area contributed by atoms with E-state index in [1.165, 1.54) is 18.4 Å². The van der Waals surface area contributed by atoms with Crippen LogP contribution in [0.25, 0.3) is 0 Å². The molecule has 5 nitrogen and oxygen atoms in total. The van der Waals surface area contributed by atoms with Crippen molar-refractivity contribution in [2.75, 3.05) is 32.2 Å². The predicted molar refractivity (Wildman–Crippen MR) is 70.7 cm³/mol. The van der Waals surface area contributed by atoms with E-state index in [1.807, 2.05) is 11.9 Å². The van der Waals surface area contributed by atoms with Crippen LogP contribution in [0.2, 0.25) is 5.15 Å². The van der Waals surface area contributed by atoms with Crippen LogP contribution < -0.4 is 4.90 Å². The molecule has 0 aromatic carbocycles. The van der Waals surface area contributed by atoms with Crippen LogP contribution in [0.1, 0.15) is 22.5 Å². The van der Waals surface area contributed by atoms with Gasteiger partial charge in [-0.3, -0.25) is 0 Å². The molecule has 0 radical (unpaired) electrons. The van der Waals surface area contributed by atoms with Gasteiger partial charge in [-0.25, -0.2) is 9.78 Å². The highest BCUT2D eigenvalue weighted by molar-refractivity contribution is 7.18. The number of thiazole rings is 1. The number of carbonyl (C=O) groups is 1. The lowest BCUT2D eigenvalue weighted by molar-refractivity contribution is 0.0606. The maximum absolute atomic E-state index is 11.4. The molecule has 1 unspecified atom stereocenters. The minimum atomic E-state index is -0.450. The molecular weight excluding hydrogens is 276 g/mol. The number of carbonyl (C=O) groups excluding carboxylic acids is 1. The number of anilines is 1. The molecule has 100 valence electrons. The summed E-state index contributed by atoms with van der Waals surface area (Å²) in [5, 5.41) is 0.900. The summed E-state index contributed by atoms with van der Waals surface area (Å²) in [4.78, 5) is 17.9. The van der Waals surface area contributed by atoms with E-state index in [1.54, 1.807) is 0 Å². The van der Waals surface area contributed by atoms with Gasteiger partial charge in [-0.05, 0) is 12.8 Å². The van der Waals surface area contributed by atoms with Crippen molar-refractivity contribution in [3.05, 3.63) is 10.0 Å². The van der Waals surface area contributed by atoms with Crippen molar-refractivity contribution < 1.29 is 14.3 Å². The van der Waals surface area contributed by atoms with Gasteiger partial charge in [0.25, 0.3) is 0 Å². The van der Waals surface area contributed by atoms with Crippen LogP contribution in [-0.4, -0.2) is 44.4 Å². The second-order valence-electron chi connectivity index (χ2n) is 4.12. The molecule has 0 N–H and O–H groups in total. The first-order valence-electron chi connectivity index (χ1n) is 5.69. The second kappa shape index (κ2) is 5.86. The standard InChI is InChI=1S/C11H15ClN2O3S/c1-14(6-7-4-3-5-17-7)11-13-9(12)8(18-11)10(15)16-2/h7H,3-6H2,1-2H3. The summed E-state index contributed by atoms with van der Waals surface area (Å²) in [6.45, 7) is 1.58. The highest BCUT2D eigenvalue weighted by Crippen LogP contribution is 2.30. The average Bonchev–Trinajstić information content (AvgIpc) is 2.97. The molecule has 0 saturated carbocycles. The topological polar surface area (TPSA) is 51.7 Å². The van der Waals surface area contributed by atoms with E-state index in [-0.39, 0.29) is 11.3 Å². The molecule has 1 aliphatic heterocycles.